The average Bonchev–Trinajstić information content (AvgIpc) is 2.28. The van der Waals surface area contributed by atoms with Crippen LogP contribution in [0.4, 0.5) is 4.79 Å². The predicted octanol–water partition coefficient (Wildman–Crippen LogP) is 1.60. The van der Waals surface area contributed by atoms with Crippen LogP contribution in [0.25, 0.3) is 0 Å². The molecular weight excluding hydrogens is 304 g/mol. The number of amides is 1. The highest BCUT2D eigenvalue weighted by molar-refractivity contribution is 8.02. The first-order valence-corrected chi connectivity index (χ1v) is 10.1. The van der Waals surface area contributed by atoms with E-state index in [9.17, 15) is 13.8 Å². The number of hydrogen-bond acceptors (Lipinski definition) is 5. The number of carbonyl (C=O) groups excluding carboxylic acids is 2. The third-order valence-electron chi connectivity index (χ3n) is 2.78. The molecule has 1 atom stereocenters. The Hall–Kier alpha value is -1.24. The van der Waals surface area contributed by atoms with Gasteiger partial charge in [-0.25, -0.2) is 4.79 Å². The standard InChI is InChI=1S/C15H30N2O4S/c1-11(18)13(17-14(19)21-15(2,3)4)9-8-12(16-5)10-22(6,7)20/h13,22H,8-10H2,1-7H3,(H,17,19)/t13-/m0/s1. The largest absolute Gasteiger partial charge is 0.444 e. The summed E-state index contributed by atoms with van der Waals surface area (Å²) in [5.74, 6) is 0.290. The SMILES string of the molecule is CN=C(CC[C@H](NC(=O)OC(C)(C)C)C(C)=O)C[SH](C)(C)=O. The summed E-state index contributed by atoms with van der Waals surface area (Å²) in [7, 11) is -0.557. The molecule has 0 saturated heterocycles. The van der Waals surface area contributed by atoms with E-state index < -0.39 is 27.7 Å². The highest BCUT2D eigenvalue weighted by atomic mass is 32.2. The second-order valence-electron chi connectivity index (χ2n) is 6.87. The van der Waals surface area contributed by atoms with Crippen LogP contribution in [0.3, 0.4) is 0 Å². The highest BCUT2D eigenvalue weighted by Crippen LogP contribution is 2.09. The Morgan fingerprint density at radius 1 is 1.27 bits per heavy atom. The fourth-order valence-corrected chi connectivity index (χ4v) is 3.02. The van der Waals surface area contributed by atoms with Gasteiger partial charge in [-0.05, 0) is 53.0 Å². The molecule has 0 rings (SSSR count). The van der Waals surface area contributed by atoms with Crippen molar-refractivity contribution in [3.63, 3.8) is 0 Å². The van der Waals surface area contributed by atoms with Crippen LogP contribution in [0.1, 0.15) is 40.5 Å². The first-order valence-electron chi connectivity index (χ1n) is 7.32. The van der Waals surface area contributed by atoms with Crippen molar-refractivity contribution >= 4 is 27.5 Å². The number of nitrogens with zero attached hydrogens (tertiary/aromatic N) is 1. The van der Waals surface area contributed by atoms with Gasteiger partial charge in [0.25, 0.3) is 0 Å². The van der Waals surface area contributed by atoms with Crippen molar-refractivity contribution in [1.29, 1.82) is 0 Å². The Labute approximate surface area is 134 Å². The van der Waals surface area contributed by atoms with Crippen LogP contribution in [0, 0.1) is 0 Å². The lowest BCUT2D eigenvalue weighted by Crippen LogP contribution is -2.43. The number of thiol groups is 1. The molecule has 6 nitrogen and oxygen atoms in total. The number of ether oxygens (including phenoxy) is 1. The molecule has 0 fully saturated rings. The van der Waals surface area contributed by atoms with Crippen LogP contribution in [0.5, 0.6) is 0 Å². The summed E-state index contributed by atoms with van der Waals surface area (Å²) < 4.78 is 17.0. The van der Waals surface area contributed by atoms with Gasteiger partial charge in [0.15, 0.2) is 5.78 Å². The average molecular weight is 334 g/mol. The molecule has 0 unspecified atom stereocenters. The minimum Gasteiger partial charge on any atom is -0.444 e. The molecule has 0 spiro atoms. The van der Waals surface area contributed by atoms with Gasteiger partial charge in [-0.2, -0.15) is 0 Å². The summed E-state index contributed by atoms with van der Waals surface area (Å²) in [6.45, 7) is 6.71. The molecule has 1 amide bonds. The molecule has 0 aromatic heterocycles. The van der Waals surface area contributed by atoms with Crippen molar-refractivity contribution in [2.45, 2.75) is 52.2 Å². The smallest absolute Gasteiger partial charge is 0.408 e. The molecule has 130 valence electrons. The molecule has 0 radical (unpaired) electrons. The van der Waals surface area contributed by atoms with Gasteiger partial charge < -0.3 is 10.1 Å². The zero-order valence-electron chi connectivity index (χ0n) is 14.7. The number of aliphatic imine (C=N–C) groups is 1. The molecule has 0 bridgehead atoms. The Balaban J connectivity index is 4.63. The van der Waals surface area contributed by atoms with E-state index in [2.05, 4.69) is 10.3 Å². The Bertz CT molecular complexity index is 474. The van der Waals surface area contributed by atoms with E-state index in [0.717, 1.165) is 5.71 Å². The van der Waals surface area contributed by atoms with Gasteiger partial charge in [-0.3, -0.25) is 14.0 Å². The van der Waals surface area contributed by atoms with Crippen molar-refractivity contribution in [1.82, 2.24) is 5.32 Å². The number of ketones is 1. The summed E-state index contributed by atoms with van der Waals surface area (Å²) in [5, 5.41) is 2.58. The summed E-state index contributed by atoms with van der Waals surface area (Å²) in [4.78, 5) is 27.6. The number of Topliss-reactive ketones (excluding diaryl/α,β-unsaturated/α-hetero) is 1. The van der Waals surface area contributed by atoms with E-state index in [0.29, 0.717) is 18.6 Å². The molecule has 0 aromatic carbocycles. The van der Waals surface area contributed by atoms with E-state index in [1.807, 2.05) is 0 Å². The van der Waals surface area contributed by atoms with Crippen LogP contribution < -0.4 is 5.32 Å². The van der Waals surface area contributed by atoms with Crippen molar-refractivity contribution in [2.24, 2.45) is 4.99 Å². The number of alkyl carbamates (subject to hydrolysis) is 1. The van der Waals surface area contributed by atoms with Crippen molar-refractivity contribution < 1.29 is 18.5 Å². The van der Waals surface area contributed by atoms with E-state index in [-0.39, 0.29) is 5.78 Å². The van der Waals surface area contributed by atoms with Crippen LogP contribution >= 0.6 is 0 Å². The first-order chi connectivity index (χ1) is 9.84. The summed E-state index contributed by atoms with van der Waals surface area (Å²) >= 11 is 0. The molecule has 22 heavy (non-hydrogen) atoms. The molecule has 7 heteroatoms. The Morgan fingerprint density at radius 2 is 1.82 bits per heavy atom. The predicted molar refractivity (Wildman–Crippen MR) is 92.7 cm³/mol. The minimum absolute atomic E-state index is 0.141. The Morgan fingerprint density at radius 3 is 2.18 bits per heavy atom. The number of carbonyl (C=O) groups is 2. The van der Waals surface area contributed by atoms with Crippen LogP contribution in [-0.2, 0) is 19.5 Å². The quantitative estimate of drug-likeness (QED) is 0.547. The zero-order valence-corrected chi connectivity index (χ0v) is 15.6. The molecule has 0 aliphatic carbocycles. The molecule has 1 N–H and O–H groups in total. The number of rotatable bonds is 7. The lowest BCUT2D eigenvalue weighted by Gasteiger charge is -2.23. The van der Waals surface area contributed by atoms with Gasteiger partial charge in [0, 0.05) is 18.5 Å². The van der Waals surface area contributed by atoms with E-state index in [1.54, 1.807) is 40.3 Å². The molecule has 0 aliphatic rings. The topological polar surface area (TPSA) is 84.8 Å². The molecule has 0 saturated carbocycles. The molecule has 0 aliphatic heterocycles. The van der Waals surface area contributed by atoms with Gasteiger partial charge in [0.05, 0.1) is 6.04 Å². The third-order valence-corrected chi connectivity index (χ3v) is 3.91. The maximum Gasteiger partial charge on any atom is 0.408 e. The second kappa shape index (κ2) is 8.41. The monoisotopic (exact) mass is 334 g/mol. The maximum absolute atomic E-state index is 11.9. The van der Waals surface area contributed by atoms with Crippen LogP contribution in [0.2, 0.25) is 0 Å². The second-order valence-corrected chi connectivity index (χ2v) is 10.3. The van der Waals surface area contributed by atoms with Gasteiger partial charge in [0.2, 0.25) is 0 Å². The summed E-state index contributed by atoms with van der Waals surface area (Å²) in [5.41, 5.74) is 0.184. The first kappa shape index (κ1) is 20.8. The van der Waals surface area contributed by atoms with Crippen LogP contribution in [0.15, 0.2) is 4.99 Å². The van der Waals surface area contributed by atoms with Crippen LogP contribution in [-0.4, -0.2) is 58.8 Å². The third kappa shape index (κ3) is 10.5. The Kier molecular flexibility index (Phi) is 7.93. The normalized spacial score (nSPS) is 15.1. The lowest BCUT2D eigenvalue weighted by molar-refractivity contribution is -0.119. The maximum atomic E-state index is 11.9. The molecule has 0 aromatic rings. The fourth-order valence-electron chi connectivity index (χ4n) is 1.84. The van der Waals surface area contributed by atoms with Gasteiger partial charge >= 0.3 is 6.09 Å². The summed E-state index contributed by atoms with van der Waals surface area (Å²) in [6, 6.07) is -0.625. The number of nitrogens with one attached hydrogen (secondary N) is 1. The molecule has 0 heterocycles. The fraction of sp³-hybridized carbons (Fsp3) is 0.800. The van der Waals surface area contributed by atoms with Crippen molar-refractivity contribution in [3.05, 3.63) is 0 Å². The highest BCUT2D eigenvalue weighted by Gasteiger charge is 2.22. The van der Waals surface area contributed by atoms with E-state index in [4.69, 9.17) is 4.74 Å². The number of hydrogen-bond donors (Lipinski definition) is 2. The van der Waals surface area contributed by atoms with Gasteiger partial charge in [-0.15, -0.1) is 9.93 Å². The minimum atomic E-state index is -2.21. The van der Waals surface area contributed by atoms with Gasteiger partial charge in [0.1, 0.15) is 5.60 Å². The zero-order chi connectivity index (χ0) is 17.6. The van der Waals surface area contributed by atoms with Gasteiger partial charge in [-0.1, -0.05) is 0 Å². The van der Waals surface area contributed by atoms with Crippen molar-refractivity contribution in [2.75, 3.05) is 25.3 Å². The molecular formula is C15H30N2O4S. The van der Waals surface area contributed by atoms with E-state index >= 15 is 0 Å². The summed E-state index contributed by atoms with van der Waals surface area (Å²) in [6.07, 6.45) is 3.74. The van der Waals surface area contributed by atoms with Crippen molar-refractivity contribution in [3.8, 4) is 0 Å². The lowest BCUT2D eigenvalue weighted by atomic mass is 10.1. The van der Waals surface area contributed by atoms with E-state index in [1.165, 1.54) is 6.92 Å².